The molecule has 1 atom stereocenters. The summed E-state index contributed by atoms with van der Waals surface area (Å²) < 4.78 is 20.5. The maximum absolute atomic E-state index is 13.6. The van der Waals surface area contributed by atoms with Crippen molar-refractivity contribution in [1.82, 2.24) is 19.7 Å². The highest BCUT2D eigenvalue weighted by Crippen LogP contribution is 2.29. The Morgan fingerprint density at radius 1 is 1.38 bits per heavy atom. The van der Waals surface area contributed by atoms with E-state index in [1.807, 2.05) is 6.92 Å². The first-order chi connectivity index (χ1) is 11.6. The fraction of sp³-hybridized carbons (Fsp3) is 0.312. The monoisotopic (exact) mass is 331 g/mol. The van der Waals surface area contributed by atoms with Gasteiger partial charge in [0.05, 0.1) is 37.9 Å². The van der Waals surface area contributed by atoms with Gasteiger partial charge >= 0.3 is 0 Å². The van der Waals surface area contributed by atoms with Crippen LogP contribution in [0, 0.1) is 5.82 Å². The molecule has 1 aromatic carbocycles. The summed E-state index contributed by atoms with van der Waals surface area (Å²) in [5, 5.41) is 17.3. The van der Waals surface area contributed by atoms with Crippen molar-refractivity contribution in [1.29, 1.82) is 0 Å². The molecule has 2 aromatic heterocycles. The van der Waals surface area contributed by atoms with Crippen molar-refractivity contribution in [2.24, 2.45) is 0 Å². The van der Waals surface area contributed by atoms with E-state index in [4.69, 9.17) is 9.84 Å². The Labute approximate surface area is 138 Å². The Morgan fingerprint density at radius 3 is 2.96 bits per heavy atom. The molecule has 126 valence electrons. The summed E-state index contributed by atoms with van der Waals surface area (Å²) >= 11 is 0. The summed E-state index contributed by atoms with van der Waals surface area (Å²) in [6.45, 7) is 2.22. The van der Waals surface area contributed by atoms with Crippen LogP contribution in [0.2, 0.25) is 0 Å². The van der Waals surface area contributed by atoms with Crippen molar-refractivity contribution in [3.05, 3.63) is 42.1 Å². The van der Waals surface area contributed by atoms with Crippen LogP contribution in [0.15, 0.2) is 30.7 Å². The topological polar surface area (TPSA) is 85.1 Å². The highest BCUT2D eigenvalue weighted by molar-refractivity contribution is 5.86. The highest BCUT2D eigenvalue weighted by atomic mass is 19.1. The first-order valence-electron chi connectivity index (χ1n) is 7.51. The molecule has 0 fully saturated rings. The van der Waals surface area contributed by atoms with E-state index >= 15 is 0 Å². The van der Waals surface area contributed by atoms with Crippen LogP contribution in [0.25, 0.3) is 11.0 Å². The minimum absolute atomic E-state index is 0.0273. The number of benzene rings is 1. The molecule has 3 aromatic rings. The number of rotatable bonds is 6. The lowest BCUT2D eigenvalue weighted by Crippen LogP contribution is -2.10. The number of aromatic nitrogens is 4. The van der Waals surface area contributed by atoms with Gasteiger partial charge in [-0.25, -0.2) is 19.0 Å². The van der Waals surface area contributed by atoms with Crippen molar-refractivity contribution >= 4 is 16.9 Å². The van der Waals surface area contributed by atoms with Crippen LogP contribution >= 0.6 is 0 Å². The van der Waals surface area contributed by atoms with Gasteiger partial charge in [-0.3, -0.25) is 0 Å². The number of fused-ring (bicyclic) bond motifs is 1. The molecule has 3 rings (SSSR count). The Bertz CT molecular complexity index is 852. The second-order valence-electron chi connectivity index (χ2n) is 5.30. The third-order valence-corrected chi connectivity index (χ3v) is 3.76. The van der Waals surface area contributed by atoms with Gasteiger partial charge in [0.25, 0.3) is 0 Å². The molecule has 0 aliphatic carbocycles. The van der Waals surface area contributed by atoms with E-state index in [0.717, 1.165) is 5.39 Å². The van der Waals surface area contributed by atoms with Gasteiger partial charge in [0, 0.05) is 5.56 Å². The number of halogens is 1. The molecule has 0 unspecified atom stereocenters. The number of hydrogen-bond acceptors (Lipinski definition) is 6. The average molecular weight is 331 g/mol. The number of aliphatic hydroxyl groups is 1. The molecule has 0 radical (unpaired) electrons. The summed E-state index contributed by atoms with van der Waals surface area (Å²) in [5.41, 5.74) is 1.31. The summed E-state index contributed by atoms with van der Waals surface area (Å²) in [5.74, 6) is 0.851. The van der Waals surface area contributed by atoms with Gasteiger partial charge < -0.3 is 15.2 Å². The predicted octanol–water partition coefficient (Wildman–Crippen LogP) is 2.14. The van der Waals surface area contributed by atoms with Crippen molar-refractivity contribution < 1.29 is 14.2 Å². The Balaban J connectivity index is 1.94. The third-order valence-electron chi connectivity index (χ3n) is 3.76. The predicted molar refractivity (Wildman–Crippen MR) is 87.4 cm³/mol. The second kappa shape index (κ2) is 6.79. The normalized spacial score (nSPS) is 12.3. The van der Waals surface area contributed by atoms with Crippen LogP contribution in [0.3, 0.4) is 0 Å². The van der Waals surface area contributed by atoms with Crippen LogP contribution in [-0.4, -0.2) is 38.6 Å². The smallest absolute Gasteiger partial charge is 0.163 e. The Hall–Kier alpha value is -2.74. The molecule has 0 spiro atoms. The highest BCUT2D eigenvalue weighted by Gasteiger charge is 2.16. The molecule has 0 aliphatic rings. The lowest BCUT2D eigenvalue weighted by atomic mass is 10.1. The zero-order valence-electron chi connectivity index (χ0n) is 13.4. The molecule has 0 aliphatic heterocycles. The van der Waals surface area contributed by atoms with Crippen LogP contribution in [0.1, 0.15) is 18.5 Å². The standard InChI is InChI=1S/C16H18FN5O2/c1-10(12-7-11(17)3-4-14(12)24-2)21-15-13-8-20-22(5-6-23)16(13)19-9-18-15/h3-4,7-10,23H,5-6H2,1-2H3,(H,18,19,21)/t10-/m0/s1. The fourth-order valence-corrected chi connectivity index (χ4v) is 2.59. The Kier molecular flexibility index (Phi) is 4.57. The van der Waals surface area contributed by atoms with Gasteiger partial charge in [0.1, 0.15) is 23.7 Å². The maximum Gasteiger partial charge on any atom is 0.163 e. The summed E-state index contributed by atoms with van der Waals surface area (Å²) in [7, 11) is 1.55. The number of nitrogens with zero attached hydrogens (tertiary/aromatic N) is 4. The van der Waals surface area contributed by atoms with Crippen LogP contribution in [-0.2, 0) is 6.54 Å². The molecule has 2 N–H and O–H groups in total. The largest absolute Gasteiger partial charge is 0.496 e. The Morgan fingerprint density at radius 2 is 2.21 bits per heavy atom. The zero-order chi connectivity index (χ0) is 17.1. The van der Waals surface area contributed by atoms with Crippen molar-refractivity contribution in [3.8, 4) is 5.75 Å². The molecule has 2 heterocycles. The number of hydrogen-bond donors (Lipinski definition) is 2. The van der Waals surface area contributed by atoms with E-state index in [9.17, 15) is 4.39 Å². The van der Waals surface area contributed by atoms with E-state index in [1.54, 1.807) is 24.1 Å². The van der Waals surface area contributed by atoms with Crippen LogP contribution < -0.4 is 10.1 Å². The van der Waals surface area contributed by atoms with Crippen LogP contribution in [0.5, 0.6) is 5.75 Å². The average Bonchev–Trinajstić information content (AvgIpc) is 2.99. The van der Waals surface area contributed by atoms with Gasteiger partial charge in [0.2, 0.25) is 0 Å². The minimum Gasteiger partial charge on any atom is -0.496 e. The maximum atomic E-state index is 13.6. The molecular formula is C16H18FN5O2. The lowest BCUT2D eigenvalue weighted by Gasteiger charge is -2.18. The summed E-state index contributed by atoms with van der Waals surface area (Å²) in [4.78, 5) is 8.45. The lowest BCUT2D eigenvalue weighted by molar-refractivity contribution is 0.271. The van der Waals surface area contributed by atoms with Crippen molar-refractivity contribution in [3.63, 3.8) is 0 Å². The fourth-order valence-electron chi connectivity index (χ4n) is 2.59. The first kappa shape index (κ1) is 16.1. The SMILES string of the molecule is COc1ccc(F)cc1[C@H](C)Nc1ncnc2c1cnn2CCO. The molecule has 0 saturated heterocycles. The third kappa shape index (κ3) is 3.00. The summed E-state index contributed by atoms with van der Waals surface area (Å²) in [6, 6.07) is 4.15. The van der Waals surface area contributed by atoms with Gasteiger partial charge in [0.15, 0.2) is 5.65 Å². The quantitative estimate of drug-likeness (QED) is 0.720. The number of nitrogens with one attached hydrogen (secondary N) is 1. The van der Waals surface area contributed by atoms with E-state index < -0.39 is 0 Å². The van der Waals surface area contributed by atoms with Gasteiger partial charge in [-0.05, 0) is 25.1 Å². The number of ether oxygens (including phenoxy) is 1. The van der Waals surface area contributed by atoms with Gasteiger partial charge in [-0.1, -0.05) is 0 Å². The van der Waals surface area contributed by atoms with Gasteiger partial charge in [-0.15, -0.1) is 0 Å². The molecular weight excluding hydrogens is 313 g/mol. The van der Waals surface area contributed by atoms with E-state index in [-0.39, 0.29) is 18.5 Å². The molecule has 0 saturated carbocycles. The molecule has 8 heteroatoms. The summed E-state index contributed by atoms with van der Waals surface area (Å²) in [6.07, 6.45) is 3.07. The zero-order valence-corrected chi connectivity index (χ0v) is 13.4. The molecule has 24 heavy (non-hydrogen) atoms. The number of anilines is 1. The number of aliphatic hydroxyl groups excluding tert-OH is 1. The minimum atomic E-state index is -0.331. The molecule has 0 bridgehead atoms. The number of methoxy groups -OCH3 is 1. The van der Waals surface area contributed by atoms with Crippen LogP contribution in [0.4, 0.5) is 10.2 Å². The van der Waals surface area contributed by atoms with E-state index in [2.05, 4.69) is 20.4 Å². The first-order valence-corrected chi connectivity index (χ1v) is 7.51. The van der Waals surface area contributed by atoms with Crippen molar-refractivity contribution in [2.45, 2.75) is 19.5 Å². The van der Waals surface area contributed by atoms with Crippen molar-refractivity contribution in [2.75, 3.05) is 19.0 Å². The second-order valence-corrected chi connectivity index (χ2v) is 5.30. The molecule has 0 amide bonds. The van der Waals surface area contributed by atoms with Gasteiger partial charge in [-0.2, -0.15) is 5.10 Å². The van der Waals surface area contributed by atoms with E-state index in [1.165, 1.54) is 18.5 Å². The molecule has 7 nitrogen and oxygen atoms in total. The van der Waals surface area contributed by atoms with E-state index in [0.29, 0.717) is 29.3 Å².